The summed E-state index contributed by atoms with van der Waals surface area (Å²) in [5.74, 6) is 0. The van der Waals surface area contributed by atoms with Gasteiger partial charge in [0.05, 0.1) is 7.98 Å². The van der Waals surface area contributed by atoms with Crippen LogP contribution in [0.5, 0.6) is 0 Å². The SMILES string of the molecule is [2H][C@@]1(O)OC[C@H](O)[C@H](O)[C@H]1O. The molecule has 1 aliphatic heterocycles. The summed E-state index contributed by atoms with van der Waals surface area (Å²) in [6.45, 7) is -0.363. The second-order valence-electron chi connectivity index (χ2n) is 2.15. The first kappa shape index (κ1) is 6.51. The van der Waals surface area contributed by atoms with Crippen molar-refractivity contribution in [1.29, 1.82) is 0 Å². The smallest absolute Gasteiger partial charge is 0.183 e. The third kappa shape index (κ3) is 1.28. The van der Waals surface area contributed by atoms with Crippen molar-refractivity contribution in [1.82, 2.24) is 0 Å². The zero-order valence-corrected chi connectivity index (χ0v) is 5.14. The van der Waals surface area contributed by atoms with Gasteiger partial charge in [-0.3, -0.25) is 0 Å². The summed E-state index contributed by atoms with van der Waals surface area (Å²) < 4.78 is 11.2. The van der Waals surface area contributed by atoms with Crippen LogP contribution in [0.4, 0.5) is 0 Å². The summed E-state index contributed by atoms with van der Waals surface area (Å²) in [6, 6.07) is 0. The first-order chi connectivity index (χ1) is 4.95. The van der Waals surface area contributed by atoms with Crippen LogP contribution in [0.15, 0.2) is 0 Å². The van der Waals surface area contributed by atoms with E-state index in [1.165, 1.54) is 0 Å². The molecule has 0 unspecified atom stereocenters. The number of aliphatic hydroxyl groups is 4. The normalized spacial score (nSPS) is 58.0. The van der Waals surface area contributed by atoms with Gasteiger partial charge in [0, 0.05) is 0 Å². The van der Waals surface area contributed by atoms with Crippen molar-refractivity contribution in [3.05, 3.63) is 0 Å². The highest BCUT2D eigenvalue weighted by atomic mass is 16.6. The lowest BCUT2D eigenvalue weighted by molar-refractivity contribution is -0.252. The number of ether oxygens (including phenoxy) is 1. The minimum Gasteiger partial charge on any atom is -0.388 e. The highest BCUT2D eigenvalue weighted by molar-refractivity contribution is 4.81. The van der Waals surface area contributed by atoms with Gasteiger partial charge in [0.1, 0.15) is 18.3 Å². The molecule has 1 saturated heterocycles. The van der Waals surface area contributed by atoms with Crippen LogP contribution in [-0.2, 0) is 4.74 Å². The van der Waals surface area contributed by atoms with Crippen molar-refractivity contribution in [3.63, 3.8) is 0 Å². The zero-order chi connectivity index (χ0) is 8.65. The zero-order valence-electron chi connectivity index (χ0n) is 6.14. The average Bonchev–Trinajstić information content (AvgIpc) is 1.95. The topological polar surface area (TPSA) is 90.2 Å². The summed E-state index contributed by atoms with van der Waals surface area (Å²) in [5, 5.41) is 35.5. The van der Waals surface area contributed by atoms with Crippen LogP contribution < -0.4 is 0 Å². The molecule has 5 heteroatoms. The van der Waals surface area contributed by atoms with Crippen molar-refractivity contribution in [3.8, 4) is 0 Å². The average molecular weight is 151 g/mol. The van der Waals surface area contributed by atoms with Crippen LogP contribution in [-0.4, -0.2) is 51.6 Å². The first-order valence-electron chi connectivity index (χ1n) is 3.35. The molecule has 1 fully saturated rings. The standard InChI is InChI=1S/C5H10O5/c6-2-1-10-5(9)4(8)3(2)7/h2-9H,1H2/t2-,3-,4+,5+/m0/s1/i5D. The van der Waals surface area contributed by atoms with E-state index in [1.807, 2.05) is 0 Å². The van der Waals surface area contributed by atoms with Gasteiger partial charge in [0.15, 0.2) is 6.27 Å². The maximum Gasteiger partial charge on any atom is 0.183 e. The molecule has 0 saturated carbocycles. The lowest BCUT2D eigenvalue weighted by Crippen LogP contribution is -2.52. The van der Waals surface area contributed by atoms with Crippen LogP contribution in [0.2, 0.25) is 0 Å². The van der Waals surface area contributed by atoms with Gasteiger partial charge in [-0.25, -0.2) is 0 Å². The maximum atomic E-state index is 8.92. The van der Waals surface area contributed by atoms with E-state index in [2.05, 4.69) is 4.74 Å². The van der Waals surface area contributed by atoms with Crippen molar-refractivity contribution in [2.45, 2.75) is 24.6 Å². The Morgan fingerprint density at radius 2 is 1.80 bits per heavy atom. The van der Waals surface area contributed by atoms with E-state index in [0.717, 1.165) is 0 Å². The molecule has 60 valence electrons. The quantitative estimate of drug-likeness (QED) is 0.305. The second kappa shape index (κ2) is 2.81. The molecule has 4 N–H and O–H groups in total. The highest BCUT2D eigenvalue weighted by Crippen LogP contribution is 2.12. The van der Waals surface area contributed by atoms with E-state index in [9.17, 15) is 0 Å². The Balaban J connectivity index is 2.67. The summed E-state index contributed by atoms with van der Waals surface area (Å²) in [4.78, 5) is 0. The third-order valence-electron chi connectivity index (χ3n) is 1.37. The van der Waals surface area contributed by atoms with Crippen LogP contribution >= 0.6 is 0 Å². The van der Waals surface area contributed by atoms with Gasteiger partial charge in [-0.05, 0) is 0 Å². The van der Waals surface area contributed by atoms with Crippen molar-refractivity contribution in [2.24, 2.45) is 0 Å². The largest absolute Gasteiger partial charge is 0.388 e. The molecule has 10 heavy (non-hydrogen) atoms. The Kier molecular flexibility index (Phi) is 1.83. The molecule has 1 aliphatic rings. The van der Waals surface area contributed by atoms with Gasteiger partial charge in [-0.1, -0.05) is 0 Å². The molecule has 5 nitrogen and oxygen atoms in total. The summed E-state index contributed by atoms with van der Waals surface area (Å²) in [5.41, 5.74) is 0. The van der Waals surface area contributed by atoms with Gasteiger partial charge in [-0.2, -0.15) is 0 Å². The van der Waals surface area contributed by atoms with Gasteiger partial charge in [0.25, 0.3) is 0 Å². The molecule has 0 aromatic carbocycles. The maximum absolute atomic E-state index is 8.92. The van der Waals surface area contributed by atoms with E-state index >= 15 is 0 Å². The minimum atomic E-state index is -2.52. The van der Waals surface area contributed by atoms with Crippen molar-refractivity contribution in [2.75, 3.05) is 6.61 Å². The molecule has 4 atom stereocenters. The second-order valence-corrected chi connectivity index (χ2v) is 2.15. The van der Waals surface area contributed by atoms with Gasteiger partial charge >= 0.3 is 0 Å². The summed E-state index contributed by atoms with van der Waals surface area (Å²) in [7, 11) is 0. The highest BCUT2D eigenvalue weighted by Gasteiger charge is 2.36. The lowest BCUT2D eigenvalue weighted by Gasteiger charge is -2.31. The fourth-order valence-electron chi connectivity index (χ4n) is 0.711. The molecule has 1 heterocycles. The Bertz CT molecular complexity index is 150. The molecule has 0 aliphatic carbocycles. The van der Waals surface area contributed by atoms with E-state index < -0.39 is 24.6 Å². The van der Waals surface area contributed by atoms with Crippen LogP contribution in [0.1, 0.15) is 1.37 Å². The minimum absolute atomic E-state index is 0.363. The van der Waals surface area contributed by atoms with Crippen LogP contribution in [0.3, 0.4) is 0 Å². The predicted octanol–water partition coefficient (Wildman–Crippen LogP) is -2.58. The Morgan fingerprint density at radius 3 is 2.30 bits per heavy atom. The van der Waals surface area contributed by atoms with E-state index in [4.69, 9.17) is 21.8 Å². The van der Waals surface area contributed by atoms with E-state index in [-0.39, 0.29) is 6.61 Å². The Morgan fingerprint density at radius 1 is 1.20 bits per heavy atom. The number of hydrogen-bond donors (Lipinski definition) is 4. The molecule has 0 spiro atoms. The molecule has 0 radical (unpaired) electrons. The van der Waals surface area contributed by atoms with Crippen LogP contribution in [0.25, 0.3) is 0 Å². The molecular formula is C5H10O5. The van der Waals surface area contributed by atoms with Gasteiger partial charge in [0.2, 0.25) is 0 Å². The fourth-order valence-corrected chi connectivity index (χ4v) is 0.711. The molecule has 0 aromatic rings. The molecular weight excluding hydrogens is 140 g/mol. The monoisotopic (exact) mass is 151 g/mol. The number of hydrogen-bond acceptors (Lipinski definition) is 5. The predicted molar refractivity (Wildman–Crippen MR) is 30.0 cm³/mol. The summed E-state index contributed by atoms with van der Waals surface area (Å²) in [6.07, 6.45) is -7.10. The van der Waals surface area contributed by atoms with Gasteiger partial charge in [-0.15, -0.1) is 0 Å². The molecule has 0 amide bonds. The number of rotatable bonds is 0. The first-order valence-corrected chi connectivity index (χ1v) is 2.85. The Labute approximate surface area is 58.9 Å². The van der Waals surface area contributed by atoms with Crippen molar-refractivity contribution >= 4 is 0 Å². The lowest BCUT2D eigenvalue weighted by atomic mass is 10.1. The molecule has 1 rings (SSSR count). The molecule has 0 aromatic heterocycles. The summed E-state index contributed by atoms with van der Waals surface area (Å²) >= 11 is 0. The van der Waals surface area contributed by atoms with E-state index in [1.54, 1.807) is 0 Å². The van der Waals surface area contributed by atoms with Gasteiger partial charge < -0.3 is 25.2 Å². The number of aliphatic hydroxyl groups excluding tert-OH is 3. The van der Waals surface area contributed by atoms with E-state index in [0.29, 0.717) is 0 Å². The van der Waals surface area contributed by atoms with Crippen LogP contribution in [0, 0.1) is 0 Å². The molecule has 0 bridgehead atoms. The Hall–Kier alpha value is -0.200. The van der Waals surface area contributed by atoms with Crippen molar-refractivity contribution < 1.29 is 26.5 Å². The fraction of sp³-hybridized carbons (Fsp3) is 1.00. The third-order valence-corrected chi connectivity index (χ3v) is 1.37.